The average molecular weight is 801 g/mol. The van der Waals surface area contributed by atoms with E-state index in [-0.39, 0.29) is 20.1 Å². The smallest absolute Gasteiger partial charge is 0.120 e. The summed E-state index contributed by atoms with van der Waals surface area (Å²) in [7, 11) is 3.99. The van der Waals surface area contributed by atoms with Crippen LogP contribution in [0.25, 0.3) is 55.7 Å². The molecule has 0 fully saturated rings. The minimum absolute atomic E-state index is 0. The van der Waals surface area contributed by atoms with E-state index < -0.39 is 0 Å². The second-order valence-corrected chi connectivity index (χ2v) is 11.1. The number of benzene rings is 4. The van der Waals surface area contributed by atoms with Crippen molar-refractivity contribution in [2.45, 2.75) is 20.8 Å². The van der Waals surface area contributed by atoms with E-state index >= 15 is 0 Å². The maximum absolute atomic E-state index is 5.81. The summed E-state index contributed by atoms with van der Waals surface area (Å²) in [4.78, 5) is 8.87. The molecule has 1 radical (unpaired) electrons. The summed E-state index contributed by atoms with van der Waals surface area (Å²) < 4.78 is 7.73. The van der Waals surface area contributed by atoms with Gasteiger partial charge in [-0.05, 0) is 55.9 Å². The molecular formula is C43H34IrN3O-3. The van der Waals surface area contributed by atoms with Crippen LogP contribution < -0.4 is 4.57 Å². The Morgan fingerprint density at radius 1 is 0.625 bits per heavy atom. The second kappa shape index (κ2) is 16.0. The normalized spacial score (nSPS) is 10.3. The summed E-state index contributed by atoms with van der Waals surface area (Å²) in [6, 6.07) is 53.7. The van der Waals surface area contributed by atoms with E-state index in [4.69, 9.17) is 4.42 Å². The number of rotatable bonds is 3. The van der Waals surface area contributed by atoms with Crippen molar-refractivity contribution in [1.82, 2.24) is 9.97 Å². The first kappa shape index (κ1) is 34.0. The van der Waals surface area contributed by atoms with E-state index in [9.17, 15) is 0 Å². The molecule has 0 aliphatic heterocycles. The summed E-state index contributed by atoms with van der Waals surface area (Å²) in [6.45, 7) is 6.07. The fourth-order valence-corrected chi connectivity index (χ4v) is 5.13. The minimum atomic E-state index is 0. The van der Waals surface area contributed by atoms with Crippen molar-refractivity contribution in [2.75, 3.05) is 0 Å². The van der Waals surface area contributed by atoms with Crippen LogP contribution in [0.3, 0.4) is 0 Å². The fraction of sp³-hybridized carbons (Fsp3) is 0.0698. The maximum Gasteiger partial charge on any atom is 0.120 e. The molecule has 0 bridgehead atoms. The molecule has 0 saturated heterocycles. The molecule has 0 amide bonds. The molecule has 0 aliphatic carbocycles. The number of pyridine rings is 3. The molecule has 239 valence electrons. The van der Waals surface area contributed by atoms with Crippen LogP contribution in [0.5, 0.6) is 0 Å². The van der Waals surface area contributed by atoms with Crippen molar-refractivity contribution in [3.05, 3.63) is 182 Å². The monoisotopic (exact) mass is 801 g/mol. The number of nitrogens with zero attached hydrogens (tertiary/aromatic N) is 3. The van der Waals surface area contributed by atoms with E-state index in [0.29, 0.717) is 0 Å². The molecule has 4 nitrogen and oxygen atoms in total. The van der Waals surface area contributed by atoms with Gasteiger partial charge in [0, 0.05) is 44.4 Å². The molecule has 0 aliphatic rings. The van der Waals surface area contributed by atoms with Crippen LogP contribution in [0.2, 0.25) is 0 Å². The Morgan fingerprint density at radius 2 is 1.35 bits per heavy atom. The van der Waals surface area contributed by atoms with Gasteiger partial charge in [0.15, 0.2) is 0 Å². The molecule has 5 heteroatoms. The van der Waals surface area contributed by atoms with Gasteiger partial charge in [-0.1, -0.05) is 65.5 Å². The molecule has 4 aromatic carbocycles. The van der Waals surface area contributed by atoms with Crippen molar-refractivity contribution in [1.29, 1.82) is 0 Å². The van der Waals surface area contributed by atoms with Crippen molar-refractivity contribution in [3.8, 4) is 33.8 Å². The standard InChI is InChI=1S/C18H12NO.C13H12N.C12H10N.Ir/c1-12-6-8-16(19-11-12)13-7-9-18-15(10-13)14-4-2-3-5-17(14)20-18;1-11-7-6-10-13(14(11)2)12-8-4-3-5-9-12;1-10-6-5-9-12(13-10)11-7-3-2-4-8-11;/h2-6,8-11H,1H3;3-8,10H,2H2,1H3;2-7,9H,1H3;/q3*-1;. The topological polar surface area (TPSA) is 42.8 Å². The van der Waals surface area contributed by atoms with Gasteiger partial charge in [-0.25, -0.2) is 0 Å². The summed E-state index contributed by atoms with van der Waals surface area (Å²) in [5.74, 6) is 0. The zero-order valence-corrected chi connectivity index (χ0v) is 29.5. The summed E-state index contributed by atoms with van der Waals surface area (Å²) >= 11 is 0. The Kier molecular flexibility index (Phi) is 11.3. The van der Waals surface area contributed by atoms with Crippen molar-refractivity contribution in [2.24, 2.45) is 0 Å². The maximum atomic E-state index is 5.81. The Morgan fingerprint density at radius 3 is 2.06 bits per heavy atom. The fourth-order valence-electron chi connectivity index (χ4n) is 5.13. The van der Waals surface area contributed by atoms with Gasteiger partial charge in [-0.15, -0.1) is 90.0 Å². The van der Waals surface area contributed by atoms with Gasteiger partial charge in [-0.3, -0.25) is 0 Å². The Balaban J connectivity index is 0.000000144. The van der Waals surface area contributed by atoms with Gasteiger partial charge in [0.1, 0.15) is 11.3 Å². The summed E-state index contributed by atoms with van der Waals surface area (Å²) in [5.41, 5.74) is 11.2. The van der Waals surface area contributed by atoms with Crippen LogP contribution in [-0.2, 0) is 20.1 Å². The number of hydrogen-bond donors (Lipinski definition) is 0. The molecule has 8 aromatic rings. The van der Waals surface area contributed by atoms with Gasteiger partial charge < -0.3 is 19.0 Å². The van der Waals surface area contributed by atoms with Crippen LogP contribution in [0.4, 0.5) is 0 Å². The van der Waals surface area contributed by atoms with E-state index in [1.165, 1.54) is 0 Å². The largest absolute Gasteiger partial charge is 0.500 e. The Bertz CT molecular complexity index is 2230. The first-order chi connectivity index (χ1) is 23.0. The third kappa shape index (κ3) is 8.13. The van der Waals surface area contributed by atoms with Gasteiger partial charge in [0.2, 0.25) is 0 Å². The molecule has 8 rings (SSSR count). The second-order valence-electron chi connectivity index (χ2n) is 11.1. The SMILES string of the molecule is Cc1ccc(-c2[c-]cc3oc4ccccc4c3c2)nc1.Cc1cccc(-c2[c-]cccc2)n1.[CH2-][n+]1c(C)cccc1-c1[c-]cccc1.[Ir]. The van der Waals surface area contributed by atoms with Crippen molar-refractivity contribution >= 4 is 21.9 Å². The van der Waals surface area contributed by atoms with Crippen LogP contribution >= 0.6 is 0 Å². The Labute approximate surface area is 296 Å². The molecule has 0 N–H and O–H groups in total. The van der Waals surface area contributed by atoms with E-state index in [2.05, 4.69) is 53.4 Å². The average Bonchev–Trinajstić information content (AvgIpc) is 3.49. The molecular weight excluding hydrogens is 767 g/mol. The van der Waals surface area contributed by atoms with Crippen LogP contribution in [-0.4, -0.2) is 9.97 Å². The number of furan rings is 1. The first-order valence-electron chi connectivity index (χ1n) is 15.4. The van der Waals surface area contributed by atoms with Crippen LogP contribution in [0.15, 0.2) is 144 Å². The van der Waals surface area contributed by atoms with Gasteiger partial charge in [0.25, 0.3) is 0 Å². The number of aromatic nitrogens is 3. The predicted octanol–water partition coefficient (Wildman–Crippen LogP) is 10.0. The van der Waals surface area contributed by atoms with E-state index in [1.807, 2.05) is 147 Å². The quantitative estimate of drug-likeness (QED) is 0.132. The van der Waals surface area contributed by atoms with Gasteiger partial charge in [-0.2, -0.15) is 0 Å². The van der Waals surface area contributed by atoms with E-state index in [0.717, 1.165) is 72.7 Å². The number of hydrogen-bond acceptors (Lipinski definition) is 3. The van der Waals surface area contributed by atoms with Crippen LogP contribution in [0.1, 0.15) is 17.0 Å². The first-order valence-corrected chi connectivity index (χ1v) is 15.4. The summed E-state index contributed by atoms with van der Waals surface area (Å²) in [5, 5.41) is 2.24. The van der Waals surface area contributed by atoms with Crippen LogP contribution in [0, 0.1) is 46.0 Å². The molecule has 48 heavy (non-hydrogen) atoms. The number of aryl methyl sites for hydroxylation is 3. The molecule has 0 spiro atoms. The zero-order valence-electron chi connectivity index (χ0n) is 27.1. The molecule has 0 atom stereocenters. The van der Waals surface area contributed by atoms with Gasteiger partial charge in [0.05, 0.1) is 11.3 Å². The van der Waals surface area contributed by atoms with E-state index in [1.54, 1.807) is 0 Å². The van der Waals surface area contributed by atoms with Gasteiger partial charge >= 0.3 is 0 Å². The third-order valence-corrected chi connectivity index (χ3v) is 7.66. The predicted molar refractivity (Wildman–Crippen MR) is 190 cm³/mol. The molecule has 0 saturated carbocycles. The summed E-state index contributed by atoms with van der Waals surface area (Å²) in [6.07, 6.45) is 1.88. The third-order valence-electron chi connectivity index (χ3n) is 7.66. The molecule has 4 heterocycles. The number of fused-ring (bicyclic) bond motifs is 3. The van der Waals surface area contributed by atoms with Crippen molar-refractivity contribution in [3.63, 3.8) is 0 Å². The molecule has 4 aromatic heterocycles. The Hall–Kier alpha value is -5.35. The molecule has 0 unspecified atom stereocenters. The number of para-hydroxylation sites is 1. The minimum Gasteiger partial charge on any atom is -0.500 e. The van der Waals surface area contributed by atoms with Crippen molar-refractivity contribution < 1.29 is 29.1 Å². The zero-order chi connectivity index (χ0) is 32.6.